The second kappa shape index (κ2) is 9.48. The number of ether oxygens (including phenoxy) is 4. The average Bonchev–Trinajstić information content (AvgIpc) is 2.81. The van der Waals surface area contributed by atoms with Crippen LogP contribution in [0.1, 0.15) is 21.5 Å². The predicted octanol–water partition coefficient (Wildman–Crippen LogP) is 4.61. The van der Waals surface area contributed by atoms with Crippen LogP contribution in [0.3, 0.4) is 0 Å². The van der Waals surface area contributed by atoms with Gasteiger partial charge in [-0.3, -0.25) is 0 Å². The normalized spacial score (nSPS) is 10.1. The molecule has 0 unspecified atom stereocenters. The Balaban J connectivity index is 1.73. The molecule has 0 atom stereocenters. The monoisotopic (exact) mass is 403 g/mol. The molecule has 0 aromatic heterocycles. The Morgan fingerprint density at radius 3 is 2.10 bits per heavy atom. The number of esters is 1. The zero-order valence-corrected chi connectivity index (χ0v) is 17.0. The van der Waals surface area contributed by atoms with E-state index >= 15 is 0 Å². The van der Waals surface area contributed by atoms with Crippen LogP contribution in [0.5, 0.6) is 17.2 Å². The quantitative estimate of drug-likeness (QED) is 0.536. The van der Waals surface area contributed by atoms with Gasteiger partial charge in [-0.25, -0.2) is 4.79 Å². The van der Waals surface area contributed by atoms with Crippen LogP contribution < -0.4 is 14.2 Å². The molecule has 0 spiro atoms. The fraction of sp³-hybridized carbons (Fsp3) is 0.167. The molecule has 0 saturated heterocycles. The minimum Gasteiger partial charge on any atom is -0.493 e. The zero-order valence-electron chi connectivity index (χ0n) is 17.0. The van der Waals surface area contributed by atoms with Crippen LogP contribution in [-0.2, 0) is 11.3 Å². The van der Waals surface area contributed by atoms with E-state index in [0.717, 1.165) is 16.7 Å². The number of nitriles is 1. The Kier molecular flexibility index (Phi) is 6.56. The molecule has 0 saturated carbocycles. The van der Waals surface area contributed by atoms with Gasteiger partial charge in [0.1, 0.15) is 6.61 Å². The summed E-state index contributed by atoms with van der Waals surface area (Å²) in [5.41, 5.74) is 3.52. The molecule has 3 aromatic rings. The van der Waals surface area contributed by atoms with Crippen molar-refractivity contribution in [3.8, 4) is 34.4 Å². The van der Waals surface area contributed by atoms with Gasteiger partial charge in [-0.2, -0.15) is 5.26 Å². The molecule has 0 aliphatic heterocycles. The summed E-state index contributed by atoms with van der Waals surface area (Å²) < 4.78 is 21.2. The Morgan fingerprint density at radius 1 is 0.900 bits per heavy atom. The molecule has 0 amide bonds. The molecule has 0 aliphatic carbocycles. The van der Waals surface area contributed by atoms with Gasteiger partial charge in [0.2, 0.25) is 5.75 Å². The number of hydrogen-bond acceptors (Lipinski definition) is 6. The summed E-state index contributed by atoms with van der Waals surface area (Å²) in [4.78, 5) is 12.5. The second-order valence-corrected chi connectivity index (χ2v) is 6.34. The number of carbonyl (C=O) groups excluding carboxylic acids is 1. The number of nitrogens with zero attached hydrogens (tertiary/aromatic N) is 1. The molecule has 0 bridgehead atoms. The van der Waals surface area contributed by atoms with E-state index < -0.39 is 5.97 Å². The van der Waals surface area contributed by atoms with Gasteiger partial charge in [-0.15, -0.1) is 0 Å². The van der Waals surface area contributed by atoms with Gasteiger partial charge in [-0.1, -0.05) is 42.5 Å². The predicted molar refractivity (Wildman–Crippen MR) is 112 cm³/mol. The third kappa shape index (κ3) is 4.36. The first-order valence-electron chi connectivity index (χ1n) is 9.16. The molecular weight excluding hydrogens is 382 g/mol. The number of hydrogen-bond donors (Lipinski definition) is 0. The minimum atomic E-state index is -0.506. The fourth-order valence-electron chi connectivity index (χ4n) is 3.04. The third-order valence-corrected chi connectivity index (χ3v) is 4.58. The highest BCUT2D eigenvalue weighted by molar-refractivity contribution is 5.91. The maximum atomic E-state index is 12.5. The summed E-state index contributed by atoms with van der Waals surface area (Å²) in [5, 5.41) is 9.26. The van der Waals surface area contributed by atoms with Crippen molar-refractivity contribution in [2.75, 3.05) is 21.3 Å². The number of benzene rings is 3. The maximum Gasteiger partial charge on any atom is 0.338 e. The molecule has 0 radical (unpaired) electrons. The lowest BCUT2D eigenvalue weighted by Gasteiger charge is -2.14. The molecule has 0 N–H and O–H groups in total. The molecule has 3 rings (SSSR count). The number of rotatable bonds is 7. The molecule has 30 heavy (non-hydrogen) atoms. The molecule has 6 nitrogen and oxygen atoms in total. The molecule has 0 fully saturated rings. The topological polar surface area (TPSA) is 77.8 Å². The summed E-state index contributed by atoms with van der Waals surface area (Å²) in [7, 11) is 4.47. The van der Waals surface area contributed by atoms with E-state index in [4.69, 9.17) is 18.9 Å². The van der Waals surface area contributed by atoms with Crippen LogP contribution in [0.2, 0.25) is 0 Å². The third-order valence-electron chi connectivity index (χ3n) is 4.58. The van der Waals surface area contributed by atoms with Crippen molar-refractivity contribution in [2.45, 2.75) is 6.61 Å². The van der Waals surface area contributed by atoms with Crippen molar-refractivity contribution in [3.63, 3.8) is 0 Å². The lowest BCUT2D eigenvalue weighted by molar-refractivity contribution is 0.0472. The van der Waals surface area contributed by atoms with Crippen LogP contribution in [0.25, 0.3) is 11.1 Å². The maximum absolute atomic E-state index is 12.5. The van der Waals surface area contributed by atoms with Crippen molar-refractivity contribution >= 4 is 5.97 Å². The fourth-order valence-corrected chi connectivity index (χ4v) is 3.04. The highest BCUT2D eigenvalue weighted by Crippen LogP contribution is 2.38. The van der Waals surface area contributed by atoms with Gasteiger partial charge >= 0.3 is 5.97 Å². The van der Waals surface area contributed by atoms with E-state index in [2.05, 4.69) is 6.07 Å². The smallest absolute Gasteiger partial charge is 0.338 e. The van der Waals surface area contributed by atoms with Gasteiger partial charge < -0.3 is 18.9 Å². The lowest BCUT2D eigenvalue weighted by Crippen LogP contribution is -2.07. The van der Waals surface area contributed by atoms with E-state index in [1.165, 1.54) is 21.3 Å². The van der Waals surface area contributed by atoms with Crippen molar-refractivity contribution in [1.82, 2.24) is 0 Å². The van der Waals surface area contributed by atoms with Gasteiger partial charge in [0, 0.05) is 0 Å². The van der Waals surface area contributed by atoms with E-state index in [1.54, 1.807) is 18.2 Å². The van der Waals surface area contributed by atoms with E-state index in [0.29, 0.717) is 28.4 Å². The Bertz CT molecular complexity index is 1060. The molecular formula is C24H21NO5. The Labute approximate surface area is 175 Å². The molecule has 152 valence electrons. The largest absolute Gasteiger partial charge is 0.493 e. The van der Waals surface area contributed by atoms with Gasteiger partial charge in [-0.05, 0) is 34.9 Å². The molecule has 0 heterocycles. The highest BCUT2D eigenvalue weighted by atomic mass is 16.5. The minimum absolute atomic E-state index is 0.107. The first-order chi connectivity index (χ1) is 14.6. The first kappa shape index (κ1) is 20.7. The first-order valence-corrected chi connectivity index (χ1v) is 9.16. The van der Waals surface area contributed by atoms with E-state index in [1.807, 2.05) is 42.5 Å². The van der Waals surface area contributed by atoms with Crippen LogP contribution in [0.15, 0.2) is 60.7 Å². The zero-order chi connectivity index (χ0) is 21.5. The van der Waals surface area contributed by atoms with Crippen molar-refractivity contribution < 1.29 is 23.7 Å². The number of methoxy groups -OCH3 is 3. The standard InChI is InChI=1S/C24H21NO5/c1-27-21-12-19(13-22(28-2)23(21)29-3)24(26)30-15-16-8-10-17(11-9-16)20-7-5-4-6-18(20)14-25/h4-13H,15H2,1-3H3. The lowest BCUT2D eigenvalue weighted by atomic mass is 9.99. The average molecular weight is 403 g/mol. The molecule has 3 aromatic carbocycles. The van der Waals surface area contributed by atoms with Crippen LogP contribution in [0, 0.1) is 11.3 Å². The Morgan fingerprint density at radius 2 is 1.53 bits per heavy atom. The van der Waals surface area contributed by atoms with Gasteiger partial charge in [0.25, 0.3) is 0 Å². The second-order valence-electron chi connectivity index (χ2n) is 6.34. The van der Waals surface area contributed by atoms with Crippen LogP contribution in [-0.4, -0.2) is 27.3 Å². The molecule has 6 heteroatoms. The molecule has 0 aliphatic rings. The SMILES string of the molecule is COc1cc(C(=O)OCc2ccc(-c3ccccc3C#N)cc2)cc(OC)c1OC. The summed E-state index contributed by atoms with van der Waals surface area (Å²) in [6.07, 6.45) is 0. The van der Waals surface area contributed by atoms with Crippen molar-refractivity contribution in [2.24, 2.45) is 0 Å². The number of carbonyl (C=O) groups is 1. The summed E-state index contributed by atoms with van der Waals surface area (Å²) in [6.45, 7) is 0.107. The van der Waals surface area contributed by atoms with Crippen LogP contribution in [0.4, 0.5) is 0 Å². The van der Waals surface area contributed by atoms with Crippen molar-refractivity contribution in [3.05, 3.63) is 77.4 Å². The Hall–Kier alpha value is -3.98. The summed E-state index contributed by atoms with van der Waals surface area (Å²) in [6, 6.07) is 20.2. The van der Waals surface area contributed by atoms with Crippen molar-refractivity contribution in [1.29, 1.82) is 5.26 Å². The van der Waals surface area contributed by atoms with Gasteiger partial charge in [0.05, 0.1) is 38.5 Å². The summed E-state index contributed by atoms with van der Waals surface area (Å²) >= 11 is 0. The highest BCUT2D eigenvalue weighted by Gasteiger charge is 2.18. The summed E-state index contributed by atoms with van der Waals surface area (Å²) in [5.74, 6) is 0.659. The van der Waals surface area contributed by atoms with E-state index in [9.17, 15) is 10.1 Å². The van der Waals surface area contributed by atoms with E-state index in [-0.39, 0.29) is 6.61 Å². The van der Waals surface area contributed by atoms with Gasteiger partial charge in [0.15, 0.2) is 11.5 Å². The van der Waals surface area contributed by atoms with Crippen LogP contribution >= 0.6 is 0 Å².